The number of benzene rings is 2. The summed E-state index contributed by atoms with van der Waals surface area (Å²) in [6, 6.07) is 8.30. The third-order valence-corrected chi connectivity index (χ3v) is 6.80. The Morgan fingerprint density at radius 2 is 1.81 bits per heavy atom. The van der Waals surface area contributed by atoms with Crippen molar-refractivity contribution in [3.05, 3.63) is 70.6 Å². The van der Waals surface area contributed by atoms with Gasteiger partial charge in [-0.15, -0.1) is 10.2 Å². The molecule has 0 bridgehead atoms. The third kappa shape index (κ3) is 4.95. The quantitative estimate of drug-likeness (QED) is 0.448. The Kier molecular flexibility index (Phi) is 6.71. The lowest BCUT2D eigenvalue weighted by Gasteiger charge is -2.39. The molecule has 1 fully saturated rings. The molecule has 1 N–H and O–H groups in total. The van der Waals surface area contributed by atoms with Crippen molar-refractivity contribution < 1.29 is 41.0 Å². The minimum Gasteiger partial charge on any atom is -0.415 e. The number of ether oxygens (including phenoxy) is 1. The molecule has 2 aliphatic heterocycles. The van der Waals surface area contributed by atoms with Crippen LogP contribution in [0, 0.1) is 5.92 Å². The van der Waals surface area contributed by atoms with Crippen molar-refractivity contribution in [3.8, 4) is 11.5 Å². The van der Waals surface area contributed by atoms with Gasteiger partial charge in [0.2, 0.25) is 5.89 Å². The number of nitrogens with zero attached hydrogens (tertiary/aromatic N) is 3. The van der Waals surface area contributed by atoms with E-state index < -0.39 is 42.1 Å². The number of amides is 1. The van der Waals surface area contributed by atoms with E-state index in [-0.39, 0.29) is 35.0 Å². The van der Waals surface area contributed by atoms with Crippen molar-refractivity contribution in [3.63, 3.8) is 0 Å². The molecule has 0 radical (unpaired) electrons. The molecule has 196 valence electrons. The minimum atomic E-state index is -4.58. The van der Waals surface area contributed by atoms with Crippen molar-refractivity contribution in [2.24, 2.45) is 5.92 Å². The average Bonchev–Trinajstić information content (AvgIpc) is 3.50. The number of fused-ring (bicyclic) bond motifs is 1. The number of carbonyl (C=O) groups excluding carboxylic acids is 1. The number of halogens is 5. The highest BCUT2D eigenvalue weighted by Gasteiger charge is 2.42. The number of hydrogen-bond donors (Lipinski definition) is 1. The maximum Gasteiger partial charge on any atom is 0.416 e. The highest BCUT2D eigenvalue weighted by Crippen LogP contribution is 2.39. The number of aliphatic hydroxyl groups is 1. The van der Waals surface area contributed by atoms with Crippen LogP contribution in [0.5, 0.6) is 0 Å². The van der Waals surface area contributed by atoms with E-state index in [2.05, 4.69) is 10.2 Å². The first-order chi connectivity index (χ1) is 17.6. The van der Waals surface area contributed by atoms with Gasteiger partial charge in [0.1, 0.15) is 0 Å². The molecule has 37 heavy (non-hydrogen) atoms. The number of hydrogen-bond acceptors (Lipinski definition) is 6. The van der Waals surface area contributed by atoms with Gasteiger partial charge in [0.15, 0.2) is 0 Å². The van der Waals surface area contributed by atoms with Crippen LogP contribution in [0.25, 0.3) is 11.5 Å². The normalized spacial score (nSPS) is 18.4. The molecule has 2 aromatic carbocycles. The molecule has 2 unspecified atom stereocenters. The molecule has 12 heteroatoms. The van der Waals surface area contributed by atoms with Crippen molar-refractivity contribution >= 4 is 5.91 Å². The first-order valence-electron chi connectivity index (χ1n) is 11.6. The summed E-state index contributed by atoms with van der Waals surface area (Å²) in [6.45, 7) is 0.928. The second-order valence-corrected chi connectivity index (χ2v) is 9.06. The number of alkyl halides is 5. The molecular formula is C25H22F5N3O4. The second kappa shape index (κ2) is 9.82. The maximum absolute atomic E-state index is 13.6. The van der Waals surface area contributed by atoms with Gasteiger partial charge in [-0.1, -0.05) is 18.2 Å². The molecule has 5 rings (SSSR count). The zero-order valence-corrected chi connectivity index (χ0v) is 19.3. The molecule has 0 spiro atoms. The standard InChI is InChI=1S/C25H22F5N3O4/c26-21(27)23-32-31-22(37-23)15-4-5-16-12-33(24(35)18(16)11-15)19(13-6-8-36-9-7-13)20(34)14-2-1-3-17(10-14)25(28,29)30/h1-5,10-11,13,19-21,34H,6-9,12H2. The van der Waals surface area contributed by atoms with Crippen LogP contribution in [-0.4, -0.2) is 45.4 Å². The molecule has 2 atom stereocenters. The predicted octanol–water partition coefficient (Wildman–Crippen LogP) is 5.18. The van der Waals surface area contributed by atoms with Gasteiger partial charge in [-0.05, 0) is 54.2 Å². The number of aromatic nitrogens is 2. The van der Waals surface area contributed by atoms with Crippen LogP contribution in [0.4, 0.5) is 22.0 Å². The van der Waals surface area contributed by atoms with Gasteiger partial charge in [-0.2, -0.15) is 22.0 Å². The number of carbonyl (C=O) groups is 1. The second-order valence-electron chi connectivity index (χ2n) is 9.06. The lowest BCUT2D eigenvalue weighted by molar-refractivity contribution is -0.137. The molecule has 3 aromatic rings. The summed E-state index contributed by atoms with van der Waals surface area (Å²) >= 11 is 0. The van der Waals surface area contributed by atoms with Gasteiger partial charge in [0.05, 0.1) is 17.7 Å². The first kappa shape index (κ1) is 25.3. The summed E-state index contributed by atoms with van der Waals surface area (Å²) in [5.74, 6) is -1.67. The Morgan fingerprint density at radius 1 is 1.05 bits per heavy atom. The van der Waals surface area contributed by atoms with Crippen LogP contribution in [0.15, 0.2) is 46.9 Å². The van der Waals surface area contributed by atoms with Gasteiger partial charge >= 0.3 is 12.6 Å². The van der Waals surface area contributed by atoms with Crippen molar-refractivity contribution in [1.29, 1.82) is 0 Å². The minimum absolute atomic E-state index is 0.0566. The summed E-state index contributed by atoms with van der Waals surface area (Å²) in [5.41, 5.74) is 0.326. The van der Waals surface area contributed by atoms with E-state index in [1.807, 2.05) is 0 Å². The zero-order chi connectivity index (χ0) is 26.3. The van der Waals surface area contributed by atoms with E-state index >= 15 is 0 Å². The lowest BCUT2D eigenvalue weighted by Crippen LogP contribution is -2.46. The van der Waals surface area contributed by atoms with Gasteiger partial charge in [0, 0.05) is 30.9 Å². The van der Waals surface area contributed by atoms with Crippen molar-refractivity contribution in [2.75, 3.05) is 13.2 Å². The van der Waals surface area contributed by atoms with Gasteiger partial charge < -0.3 is 19.2 Å². The van der Waals surface area contributed by atoms with E-state index in [1.165, 1.54) is 23.1 Å². The molecule has 7 nitrogen and oxygen atoms in total. The van der Waals surface area contributed by atoms with Crippen LogP contribution in [0.2, 0.25) is 0 Å². The Balaban J connectivity index is 1.47. The SMILES string of the molecule is O=C1c2cc(-c3nnc(C(F)F)o3)ccc2CN1C(C1CCOCC1)C(O)c1cccc(C(F)(F)F)c1. The van der Waals surface area contributed by atoms with Crippen LogP contribution in [0.3, 0.4) is 0 Å². The Hall–Kier alpha value is -3.38. The number of aliphatic hydroxyl groups excluding tert-OH is 1. The smallest absolute Gasteiger partial charge is 0.415 e. The fraction of sp³-hybridized carbons (Fsp3) is 0.400. The van der Waals surface area contributed by atoms with E-state index in [0.29, 0.717) is 31.6 Å². The summed E-state index contributed by atoms with van der Waals surface area (Å²) in [4.78, 5) is 15.0. The van der Waals surface area contributed by atoms with Crippen LogP contribution < -0.4 is 0 Å². The monoisotopic (exact) mass is 523 g/mol. The van der Waals surface area contributed by atoms with Crippen LogP contribution in [0.1, 0.15) is 58.3 Å². The highest BCUT2D eigenvalue weighted by molar-refractivity contribution is 5.99. The molecule has 3 heterocycles. The largest absolute Gasteiger partial charge is 0.416 e. The molecular weight excluding hydrogens is 501 g/mol. The summed E-state index contributed by atoms with van der Waals surface area (Å²) in [6.07, 6.45) is -7.87. The third-order valence-electron chi connectivity index (χ3n) is 6.80. The van der Waals surface area contributed by atoms with Crippen molar-refractivity contribution in [2.45, 2.75) is 44.1 Å². The summed E-state index contributed by atoms with van der Waals surface area (Å²) in [7, 11) is 0. The zero-order valence-electron chi connectivity index (χ0n) is 19.3. The Morgan fingerprint density at radius 3 is 2.49 bits per heavy atom. The Labute approximate surface area is 207 Å². The molecule has 1 aromatic heterocycles. The van der Waals surface area contributed by atoms with E-state index in [4.69, 9.17) is 9.15 Å². The maximum atomic E-state index is 13.6. The lowest BCUT2D eigenvalue weighted by atomic mass is 9.84. The fourth-order valence-electron chi connectivity index (χ4n) is 4.97. The molecule has 0 aliphatic carbocycles. The predicted molar refractivity (Wildman–Crippen MR) is 118 cm³/mol. The van der Waals surface area contributed by atoms with Crippen LogP contribution in [-0.2, 0) is 17.5 Å². The fourth-order valence-corrected chi connectivity index (χ4v) is 4.97. The Bertz CT molecular complexity index is 1290. The molecule has 1 saturated heterocycles. The van der Waals surface area contributed by atoms with Gasteiger partial charge in [0.25, 0.3) is 11.8 Å². The summed E-state index contributed by atoms with van der Waals surface area (Å²) in [5, 5.41) is 18.3. The molecule has 1 amide bonds. The highest BCUT2D eigenvalue weighted by atomic mass is 19.4. The average molecular weight is 523 g/mol. The van der Waals surface area contributed by atoms with E-state index in [0.717, 1.165) is 12.1 Å². The van der Waals surface area contributed by atoms with Crippen molar-refractivity contribution in [1.82, 2.24) is 15.1 Å². The molecule has 2 aliphatic rings. The van der Waals surface area contributed by atoms with Gasteiger partial charge in [-0.3, -0.25) is 4.79 Å². The van der Waals surface area contributed by atoms with E-state index in [1.54, 1.807) is 12.1 Å². The summed E-state index contributed by atoms with van der Waals surface area (Å²) < 4.78 is 76.1. The number of rotatable bonds is 6. The van der Waals surface area contributed by atoms with Crippen LogP contribution >= 0.6 is 0 Å². The van der Waals surface area contributed by atoms with Gasteiger partial charge in [-0.25, -0.2) is 0 Å². The topological polar surface area (TPSA) is 88.7 Å². The molecule has 0 saturated carbocycles. The first-order valence-corrected chi connectivity index (χ1v) is 11.6. The van der Waals surface area contributed by atoms with E-state index in [9.17, 15) is 31.9 Å².